The number of nitrogens with one attached hydrogen (secondary N) is 1. The maximum absolute atomic E-state index is 8.49. The zero-order valence-electron chi connectivity index (χ0n) is 18.8. The fraction of sp³-hybridized carbons (Fsp3) is 0.0741. The smallest absolute Gasteiger partial charge is 0.213 e. The van der Waals surface area contributed by atoms with E-state index >= 15 is 0 Å². The zero-order valence-corrected chi connectivity index (χ0v) is 19.5. The molecule has 0 saturated carbocycles. The van der Waals surface area contributed by atoms with Crippen LogP contribution in [0, 0.1) is 10.2 Å². The van der Waals surface area contributed by atoms with Crippen LogP contribution in [0.2, 0.25) is 0 Å². The van der Waals surface area contributed by atoms with E-state index in [0.717, 1.165) is 50.7 Å². The molecule has 35 heavy (non-hydrogen) atoms. The lowest BCUT2D eigenvalue weighted by Crippen LogP contribution is -2.75. The van der Waals surface area contributed by atoms with Crippen LogP contribution in [0.3, 0.4) is 0 Å². The highest BCUT2D eigenvalue weighted by Gasteiger charge is 2.12. The molecule has 1 aromatic heterocycles. The van der Waals surface area contributed by atoms with Crippen molar-refractivity contribution < 1.29 is 43.0 Å². The van der Waals surface area contributed by atoms with Crippen molar-refractivity contribution in [3.05, 3.63) is 108 Å². The van der Waals surface area contributed by atoms with Gasteiger partial charge in [-0.3, -0.25) is 0 Å². The molecule has 0 aliphatic rings. The lowest BCUT2D eigenvalue weighted by molar-refractivity contribution is -2.00. The van der Waals surface area contributed by atoms with Crippen molar-refractivity contribution in [2.75, 3.05) is 7.11 Å². The molecule has 8 heteroatoms. The first kappa shape index (κ1) is 24.4. The van der Waals surface area contributed by atoms with Crippen LogP contribution in [-0.4, -0.2) is 7.11 Å². The standard InChI is InChI=1S/C27H21NO2.ClHO4/c1-29-22-14-11-21(12-15-22)26-17-25(28-18-19-7-3-2-4-8-19)24-16-13-20-9-5-6-10-23(20)27(24)30-26;2-1(3,4)5/h2-17H,18H2,1H3;(H,2,3,4,5). The van der Waals surface area contributed by atoms with Crippen LogP contribution in [0.25, 0.3) is 33.1 Å². The molecule has 0 saturated heterocycles. The molecule has 4 aromatic carbocycles. The van der Waals surface area contributed by atoms with E-state index in [0.29, 0.717) is 0 Å². The van der Waals surface area contributed by atoms with Crippen LogP contribution in [-0.2, 0) is 6.54 Å². The van der Waals surface area contributed by atoms with E-state index in [1.807, 2.05) is 30.3 Å². The molecule has 1 N–H and O–H groups in total. The fourth-order valence-corrected chi connectivity index (χ4v) is 3.75. The Balaban J connectivity index is 0.000000527. The van der Waals surface area contributed by atoms with Gasteiger partial charge in [0.1, 0.15) is 17.1 Å². The number of hydrogen-bond acceptors (Lipinski definition) is 6. The third-order valence-electron chi connectivity index (χ3n) is 5.36. The first-order valence-electron chi connectivity index (χ1n) is 10.6. The molecule has 0 bridgehead atoms. The number of fused-ring (bicyclic) bond motifs is 3. The molecule has 0 fully saturated rings. The summed E-state index contributed by atoms with van der Waals surface area (Å²) in [5.74, 6) is 1.64. The van der Waals surface area contributed by atoms with E-state index in [1.54, 1.807) is 7.11 Å². The van der Waals surface area contributed by atoms with Gasteiger partial charge in [0.2, 0.25) is 5.36 Å². The fourth-order valence-electron chi connectivity index (χ4n) is 3.75. The molecule has 0 unspecified atom stereocenters. The van der Waals surface area contributed by atoms with Crippen molar-refractivity contribution in [1.29, 1.82) is 0 Å². The van der Waals surface area contributed by atoms with Crippen molar-refractivity contribution in [2.45, 2.75) is 6.54 Å². The van der Waals surface area contributed by atoms with E-state index < -0.39 is 10.2 Å². The maximum Gasteiger partial charge on any atom is 0.213 e. The minimum absolute atomic E-state index is 0.745. The molecule has 7 nitrogen and oxygen atoms in total. The van der Waals surface area contributed by atoms with Gasteiger partial charge < -0.3 is 9.15 Å². The SMILES string of the molecule is COc1ccc(-c2cc(=[NH+]Cc3ccccc3)c3ccc4ccccc4c3o2)cc1.[O-][Cl+3]([O-])([O-])[O-]. The average molecular weight is 492 g/mol. The van der Waals surface area contributed by atoms with Crippen LogP contribution < -0.4 is 33.7 Å². The molecule has 5 rings (SSSR count). The quantitative estimate of drug-likeness (QED) is 0.343. The Morgan fingerprint density at radius 2 is 1.43 bits per heavy atom. The Morgan fingerprint density at radius 1 is 0.771 bits per heavy atom. The number of methoxy groups -OCH3 is 1. The summed E-state index contributed by atoms with van der Waals surface area (Å²) in [6.45, 7) is 0.745. The summed E-state index contributed by atoms with van der Waals surface area (Å²) in [5.41, 5.74) is 3.13. The lowest BCUT2D eigenvalue weighted by atomic mass is 10.1. The lowest BCUT2D eigenvalue weighted by Gasteiger charge is -2.17. The number of ether oxygens (including phenoxy) is 1. The van der Waals surface area contributed by atoms with Gasteiger partial charge in [0, 0.05) is 16.5 Å². The van der Waals surface area contributed by atoms with Crippen molar-refractivity contribution in [3.63, 3.8) is 0 Å². The van der Waals surface area contributed by atoms with Gasteiger partial charge in [0.25, 0.3) is 0 Å². The zero-order chi connectivity index (χ0) is 24.8. The van der Waals surface area contributed by atoms with Gasteiger partial charge in [-0.05, 0) is 35.7 Å². The third kappa shape index (κ3) is 6.45. The first-order valence-corrected chi connectivity index (χ1v) is 11.9. The Labute approximate surface area is 203 Å². The summed E-state index contributed by atoms with van der Waals surface area (Å²) in [7, 11) is -3.27. The molecular weight excluding hydrogens is 470 g/mol. The predicted octanol–water partition coefficient (Wildman–Crippen LogP) is -0.313. The van der Waals surface area contributed by atoms with Crippen molar-refractivity contribution in [2.24, 2.45) is 0 Å². The predicted molar refractivity (Wildman–Crippen MR) is 120 cm³/mol. The van der Waals surface area contributed by atoms with E-state index in [4.69, 9.17) is 27.8 Å². The molecule has 0 aliphatic carbocycles. The Bertz CT molecular complexity index is 1490. The van der Waals surface area contributed by atoms with Gasteiger partial charge in [0.05, 0.1) is 18.6 Å². The van der Waals surface area contributed by atoms with Crippen molar-refractivity contribution >= 4 is 21.7 Å². The van der Waals surface area contributed by atoms with Gasteiger partial charge >= 0.3 is 0 Å². The largest absolute Gasteiger partial charge is 0.497 e. The van der Waals surface area contributed by atoms with Gasteiger partial charge in [-0.1, -0.05) is 60.7 Å². The number of hydrogen-bond donors (Lipinski definition) is 1. The van der Waals surface area contributed by atoms with Crippen LogP contribution in [0.1, 0.15) is 5.56 Å². The Kier molecular flexibility index (Phi) is 7.45. The van der Waals surface area contributed by atoms with E-state index in [-0.39, 0.29) is 0 Å². The van der Waals surface area contributed by atoms with Gasteiger partial charge in [0.15, 0.2) is 6.54 Å². The molecule has 5 aromatic rings. The highest BCUT2D eigenvalue weighted by molar-refractivity contribution is 6.04. The summed E-state index contributed by atoms with van der Waals surface area (Å²) in [6, 6.07) is 33.1. The second-order valence-corrected chi connectivity index (χ2v) is 8.39. The molecule has 0 spiro atoms. The Morgan fingerprint density at radius 3 is 2.11 bits per heavy atom. The normalized spacial score (nSPS) is 11.9. The minimum atomic E-state index is -4.94. The second kappa shape index (κ2) is 10.7. The van der Waals surface area contributed by atoms with Gasteiger partial charge in [-0.2, -0.15) is 0 Å². The summed E-state index contributed by atoms with van der Waals surface area (Å²) >= 11 is 0. The minimum Gasteiger partial charge on any atom is -0.497 e. The highest BCUT2D eigenvalue weighted by Crippen LogP contribution is 2.28. The van der Waals surface area contributed by atoms with Crippen molar-refractivity contribution in [1.82, 2.24) is 0 Å². The average Bonchev–Trinajstić information content (AvgIpc) is 2.86. The van der Waals surface area contributed by atoms with Crippen LogP contribution in [0.4, 0.5) is 0 Å². The molecule has 0 amide bonds. The van der Waals surface area contributed by atoms with E-state index in [1.165, 1.54) is 5.56 Å². The van der Waals surface area contributed by atoms with Crippen LogP contribution in [0.15, 0.2) is 101 Å². The molecule has 0 aliphatic heterocycles. The number of benzene rings is 4. The maximum atomic E-state index is 8.49. The number of rotatable bonds is 4. The molecular formula is C27H22ClNO6. The van der Waals surface area contributed by atoms with Gasteiger partial charge in [-0.25, -0.2) is 23.6 Å². The molecule has 178 valence electrons. The Hall–Kier alpha value is -3.72. The molecule has 0 atom stereocenters. The molecule has 0 radical (unpaired) electrons. The second-order valence-electron chi connectivity index (χ2n) is 7.63. The molecule has 1 heterocycles. The summed E-state index contributed by atoms with van der Waals surface area (Å²) in [5, 5.41) is 4.39. The number of halogens is 1. The van der Waals surface area contributed by atoms with Crippen molar-refractivity contribution in [3.8, 4) is 17.1 Å². The van der Waals surface area contributed by atoms with Gasteiger partial charge in [-0.15, -0.1) is 10.2 Å². The van der Waals surface area contributed by atoms with E-state index in [2.05, 4.69) is 71.7 Å². The third-order valence-corrected chi connectivity index (χ3v) is 5.36. The first-order chi connectivity index (χ1) is 16.8. The highest BCUT2D eigenvalue weighted by atomic mass is 35.7. The summed E-state index contributed by atoms with van der Waals surface area (Å²) < 4.78 is 45.7. The summed E-state index contributed by atoms with van der Waals surface area (Å²) in [6.07, 6.45) is 0. The summed E-state index contributed by atoms with van der Waals surface area (Å²) in [4.78, 5) is 3.62. The monoisotopic (exact) mass is 491 g/mol. The van der Waals surface area contributed by atoms with E-state index in [9.17, 15) is 0 Å². The topological polar surface area (TPSA) is 129 Å². The van der Waals surface area contributed by atoms with Crippen LogP contribution in [0.5, 0.6) is 5.75 Å². The van der Waals surface area contributed by atoms with Crippen LogP contribution >= 0.6 is 0 Å².